The number of hydrogen-bond acceptors (Lipinski definition) is 2. The average Bonchev–Trinajstić information content (AvgIpc) is 2.56. The summed E-state index contributed by atoms with van der Waals surface area (Å²) in [6.07, 6.45) is 0.951. The first-order valence-corrected chi connectivity index (χ1v) is 4.84. The minimum atomic E-state index is 0.355. The van der Waals surface area contributed by atoms with E-state index in [0.29, 0.717) is 12.6 Å². The molecule has 0 amide bonds. The minimum absolute atomic E-state index is 0.355. The predicted molar refractivity (Wildman–Crippen MR) is 56.4 cm³/mol. The number of hydrogen-bond donors (Lipinski definition) is 2. The Morgan fingerprint density at radius 1 is 1.62 bits per heavy atom. The van der Waals surface area contributed by atoms with Gasteiger partial charge >= 0.3 is 0 Å². The second-order valence-corrected chi connectivity index (χ2v) is 3.91. The normalized spacial score (nSPS) is 19.8. The highest BCUT2D eigenvalue weighted by Crippen LogP contribution is 2.34. The molecule has 1 aromatic carbocycles. The SMILES string of the molecule is Cc1ccc(Cl)c2c1NC(CN)C2. The summed E-state index contributed by atoms with van der Waals surface area (Å²) in [5, 5.41) is 4.23. The van der Waals surface area contributed by atoms with Gasteiger partial charge in [-0.1, -0.05) is 17.7 Å². The lowest BCUT2D eigenvalue weighted by Gasteiger charge is -2.08. The molecule has 1 aliphatic heterocycles. The van der Waals surface area contributed by atoms with Crippen molar-refractivity contribution in [3.63, 3.8) is 0 Å². The molecular weight excluding hydrogens is 184 g/mol. The fourth-order valence-electron chi connectivity index (χ4n) is 1.78. The smallest absolute Gasteiger partial charge is 0.0459 e. The molecule has 1 heterocycles. The molecule has 0 saturated carbocycles. The van der Waals surface area contributed by atoms with Gasteiger partial charge in [0.25, 0.3) is 0 Å². The second-order valence-electron chi connectivity index (χ2n) is 3.50. The monoisotopic (exact) mass is 196 g/mol. The van der Waals surface area contributed by atoms with Gasteiger partial charge in [0, 0.05) is 23.3 Å². The number of benzene rings is 1. The van der Waals surface area contributed by atoms with Gasteiger partial charge in [-0.3, -0.25) is 0 Å². The summed E-state index contributed by atoms with van der Waals surface area (Å²) in [5.74, 6) is 0. The molecule has 0 spiro atoms. The molecule has 0 aliphatic carbocycles. The highest BCUT2D eigenvalue weighted by molar-refractivity contribution is 6.31. The fraction of sp³-hybridized carbons (Fsp3) is 0.400. The van der Waals surface area contributed by atoms with Crippen molar-refractivity contribution in [2.24, 2.45) is 5.73 Å². The zero-order chi connectivity index (χ0) is 9.42. The van der Waals surface area contributed by atoms with Crippen LogP contribution in [0, 0.1) is 6.92 Å². The Labute approximate surface area is 83.1 Å². The van der Waals surface area contributed by atoms with Crippen molar-refractivity contribution >= 4 is 17.3 Å². The zero-order valence-corrected chi connectivity index (χ0v) is 8.36. The number of fused-ring (bicyclic) bond motifs is 1. The van der Waals surface area contributed by atoms with Crippen LogP contribution >= 0.6 is 11.6 Å². The lowest BCUT2D eigenvalue weighted by molar-refractivity contribution is 0.760. The summed E-state index contributed by atoms with van der Waals surface area (Å²) in [4.78, 5) is 0. The second kappa shape index (κ2) is 3.20. The molecule has 3 heteroatoms. The topological polar surface area (TPSA) is 38.0 Å². The third-order valence-corrected chi connectivity index (χ3v) is 2.90. The van der Waals surface area contributed by atoms with Crippen LogP contribution in [0.4, 0.5) is 5.69 Å². The Bertz CT molecular complexity index is 305. The summed E-state index contributed by atoms with van der Waals surface area (Å²) in [6, 6.07) is 4.34. The Kier molecular flexibility index (Phi) is 2.18. The first-order valence-electron chi connectivity index (χ1n) is 4.47. The number of nitrogens with one attached hydrogen (secondary N) is 1. The van der Waals surface area contributed by atoms with Crippen LogP contribution < -0.4 is 11.1 Å². The largest absolute Gasteiger partial charge is 0.380 e. The number of nitrogens with two attached hydrogens (primary N) is 1. The molecule has 0 radical (unpaired) electrons. The Morgan fingerprint density at radius 2 is 2.38 bits per heavy atom. The molecule has 1 aliphatic rings. The van der Waals surface area contributed by atoms with Crippen molar-refractivity contribution in [3.8, 4) is 0 Å². The third-order valence-electron chi connectivity index (χ3n) is 2.55. The standard InChI is InChI=1S/C10H13ClN2/c1-6-2-3-9(11)8-4-7(5-12)13-10(6)8/h2-3,7,13H,4-5,12H2,1H3. The van der Waals surface area contributed by atoms with Crippen LogP contribution in [0.2, 0.25) is 5.02 Å². The summed E-state index contributed by atoms with van der Waals surface area (Å²) < 4.78 is 0. The van der Waals surface area contributed by atoms with Crippen molar-refractivity contribution in [2.75, 3.05) is 11.9 Å². The maximum Gasteiger partial charge on any atom is 0.0459 e. The van der Waals surface area contributed by atoms with Gasteiger partial charge in [0.05, 0.1) is 0 Å². The van der Waals surface area contributed by atoms with Gasteiger partial charge < -0.3 is 11.1 Å². The van der Waals surface area contributed by atoms with Crippen molar-refractivity contribution in [1.82, 2.24) is 0 Å². The molecule has 2 rings (SSSR count). The molecule has 2 nitrogen and oxygen atoms in total. The van der Waals surface area contributed by atoms with E-state index in [1.165, 1.54) is 16.8 Å². The number of rotatable bonds is 1. The van der Waals surface area contributed by atoms with Crippen LogP contribution in [0.1, 0.15) is 11.1 Å². The molecular formula is C10H13ClN2. The van der Waals surface area contributed by atoms with Crippen LogP contribution in [0.3, 0.4) is 0 Å². The highest BCUT2D eigenvalue weighted by Gasteiger charge is 2.22. The Balaban J connectivity index is 2.43. The summed E-state index contributed by atoms with van der Waals surface area (Å²) in [5.41, 5.74) is 9.26. The lowest BCUT2D eigenvalue weighted by atomic mass is 10.1. The molecule has 0 aromatic heterocycles. The molecule has 0 fully saturated rings. The molecule has 1 atom stereocenters. The molecule has 3 N–H and O–H groups in total. The van der Waals surface area contributed by atoms with Gasteiger partial charge in [0.1, 0.15) is 0 Å². The van der Waals surface area contributed by atoms with Crippen LogP contribution in [-0.4, -0.2) is 12.6 Å². The predicted octanol–water partition coefficient (Wildman–Crippen LogP) is 1.94. The van der Waals surface area contributed by atoms with Gasteiger partial charge in [-0.05, 0) is 30.5 Å². The van der Waals surface area contributed by atoms with Crippen molar-refractivity contribution in [2.45, 2.75) is 19.4 Å². The van der Waals surface area contributed by atoms with E-state index in [2.05, 4.69) is 12.2 Å². The van der Waals surface area contributed by atoms with E-state index >= 15 is 0 Å². The van der Waals surface area contributed by atoms with Crippen LogP contribution in [0.15, 0.2) is 12.1 Å². The van der Waals surface area contributed by atoms with Crippen molar-refractivity contribution in [3.05, 3.63) is 28.3 Å². The van der Waals surface area contributed by atoms with Gasteiger partial charge in [0.2, 0.25) is 0 Å². The van der Waals surface area contributed by atoms with Crippen molar-refractivity contribution in [1.29, 1.82) is 0 Å². The van der Waals surface area contributed by atoms with Gasteiger partial charge in [-0.25, -0.2) is 0 Å². The van der Waals surface area contributed by atoms with E-state index in [9.17, 15) is 0 Å². The summed E-state index contributed by atoms with van der Waals surface area (Å²) in [7, 11) is 0. The van der Waals surface area contributed by atoms with E-state index in [1.54, 1.807) is 0 Å². The van der Waals surface area contributed by atoms with Crippen LogP contribution in [0.25, 0.3) is 0 Å². The third kappa shape index (κ3) is 1.40. The molecule has 1 aromatic rings. The lowest BCUT2D eigenvalue weighted by Crippen LogP contribution is -2.25. The van der Waals surface area contributed by atoms with Crippen molar-refractivity contribution < 1.29 is 0 Å². The Hall–Kier alpha value is -0.730. The van der Waals surface area contributed by atoms with Gasteiger partial charge in [-0.2, -0.15) is 0 Å². The zero-order valence-electron chi connectivity index (χ0n) is 7.60. The van der Waals surface area contributed by atoms with Crippen LogP contribution in [-0.2, 0) is 6.42 Å². The van der Waals surface area contributed by atoms with E-state index in [4.69, 9.17) is 17.3 Å². The number of anilines is 1. The van der Waals surface area contributed by atoms with Gasteiger partial charge in [0.15, 0.2) is 0 Å². The highest BCUT2D eigenvalue weighted by atomic mass is 35.5. The quantitative estimate of drug-likeness (QED) is 0.721. The van der Waals surface area contributed by atoms with E-state index in [-0.39, 0.29) is 0 Å². The first kappa shape index (κ1) is 8.85. The molecule has 1 unspecified atom stereocenters. The molecule has 13 heavy (non-hydrogen) atoms. The van der Waals surface area contributed by atoms with Gasteiger partial charge in [-0.15, -0.1) is 0 Å². The number of halogens is 1. The van der Waals surface area contributed by atoms with Crippen LogP contribution in [0.5, 0.6) is 0 Å². The summed E-state index contributed by atoms with van der Waals surface area (Å²) in [6.45, 7) is 2.74. The maximum atomic E-state index is 6.08. The fourth-order valence-corrected chi connectivity index (χ4v) is 2.02. The van der Waals surface area contributed by atoms with E-state index in [0.717, 1.165) is 11.4 Å². The minimum Gasteiger partial charge on any atom is -0.380 e. The maximum absolute atomic E-state index is 6.08. The van der Waals surface area contributed by atoms with E-state index < -0.39 is 0 Å². The summed E-state index contributed by atoms with van der Waals surface area (Å²) >= 11 is 6.08. The number of aryl methyl sites for hydroxylation is 1. The van der Waals surface area contributed by atoms with E-state index in [1.807, 2.05) is 12.1 Å². The molecule has 0 saturated heterocycles. The molecule has 0 bridgehead atoms. The first-order chi connectivity index (χ1) is 6.22. The average molecular weight is 197 g/mol. The molecule has 70 valence electrons. The Morgan fingerprint density at radius 3 is 3.00 bits per heavy atom.